The van der Waals surface area contributed by atoms with Crippen LogP contribution in [0.2, 0.25) is 0 Å². The van der Waals surface area contributed by atoms with Gasteiger partial charge in [0.2, 0.25) is 11.8 Å². The number of hydrogen-bond acceptors (Lipinski definition) is 7. The van der Waals surface area contributed by atoms with E-state index in [1.54, 1.807) is 49.5 Å². The first-order valence-electron chi connectivity index (χ1n) is 8.80. The van der Waals surface area contributed by atoms with E-state index in [0.717, 1.165) is 11.8 Å². The smallest absolute Gasteiger partial charge is 0.277 e. The standard InChI is InChI=1S/C20H20FN3O4S/c1-4-24(15-8-6-14(21)7-9-15)18(25)12-29-20-23-22-19(28-20)13-5-10-16(26-2)17(11-13)27-3/h5-11H,4,12H2,1-3H3. The summed E-state index contributed by atoms with van der Waals surface area (Å²) in [5, 5.41) is 8.29. The van der Waals surface area contributed by atoms with Gasteiger partial charge in [-0.15, -0.1) is 10.2 Å². The normalized spacial score (nSPS) is 10.6. The zero-order valence-electron chi connectivity index (χ0n) is 16.2. The Bertz CT molecular complexity index is 978. The van der Waals surface area contributed by atoms with Crippen LogP contribution in [-0.4, -0.2) is 42.6 Å². The number of methoxy groups -OCH3 is 2. The summed E-state index contributed by atoms with van der Waals surface area (Å²) in [5.74, 6) is 1.07. The van der Waals surface area contributed by atoms with Crippen molar-refractivity contribution in [3.63, 3.8) is 0 Å². The Kier molecular flexibility index (Phi) is 6.71. The maximum absolute atomic E-state index is 13.1. The van der Waals surface area contributed by atoms with Crippen molar-refractivity contribution in [1.29, 1.82) is 0 Å². The van der Waals surface area contributed by atoms with E-state index < -0.39 is 0 Å². The van der Waals surface area contributed by atoms with E-state index >= 15 is 0 Å². The number of ether oxygens (including phenoxy) is 2. The molecule has 0 aliphatic heterocycles. The number of benzene rings is 2. The third kappa shape index (κ3) is 4.86. The van der Waals surface area contributed by atoms with Crippen LogP contribution in [-0.2, 0) is 4.79 Å². The summed E-state index contributed by atoms with van der Waals surface area (Å²) in [5.41, 5.74) is 1.31. The Morgan fingerprint density at radius 1 is 1.10 bits per heavy atom. The van der Waals surface area contributed by atoms with E-state index in [-0.39, 0.29) is 22.7 Å². The SMILES string of the molecule is CCN(C(=O)CSc1nnc(-c2ccc(OC)c(OC)c2)o1)c1ccc(F)cc1. The molecule has 0 saturated heterocycles. The summed E-state index contributed by atoms with van der Waals surface area (Å²) < 4.78 is 29.3. The van der Waals surface area contributed by atoms with Gasteiger partial charge in [-0.05, 0) is 49.4 Å². The summed E-state index contributed by atoms with van der Waals surface area (Å²) in [7, 11) is 3.10. The third-order valence-electron chi connectivity index (χ3n) is 4.11. The zero-order valence-corrected chi connectivity index (χ0v) is 17.0. The Morgan fingerprint density at radius 2 is 1.83 bits per heavy atom. The lowest BCUT2D eigenvalue weighted by Gasteiger charge is -2.20. The zero-order chi connectivity index (χ0) is 20.8. The fraction of sp³-hybridized carbons (Fsp3) is 0.250. The van der Waals surface area contributed by atoms with Gasteiger partial charge in [0.05, 0.1) is 20.0 Å². The van der Waals surface area contributed by atoms with Crippen molar-refractivity contribution < 1.29 is 23.1 Å². The lowest BCUT2D eigenvalue weighted by atomic mass is 10.2. The predicted molar refractivity (Wildman–Crippen MR) is 108 cm³/mol. The lowest BCUT2D eigenvalue weighted by Crippen LogP contribution is -2.32. The molecule has 9 heteroatoms. The van der Waals surface area contributed by atoms with Gasteiger partial charge in [0.1, 0.15) is 5.82 Å². The molecule has 0 spiro atoms. The van der Waals surface area contributed by atoms with Gasteiger partial charge in [-0.2, -0.15) is 0 Å². The number of anilines is 1. The van der Waals surface area contributed by atoms with Crippen LogP contribution in [0.15, 0.2) is 52.1 Å². The maximum Gasteiger partial charge on any atom is 0.277 e. The number of hydrogen-bond donors (Lipinski definition) is 0. The number of carbonyl (C=O) groups is 1. The molecular weight excluding hydrogens is 397 g/mol. The number of rotatable bonds is 8. The topological polar surface area (TPSA) is 77.7 Å². The molecule has 2 aromatic carbocycles. The van der Waals surface area contributed by atoms with E-state index in [4.69, 9.17) is 13.9 Å². The Balaban J connectivity index is 1.67. The second-order valence-corrected chi connectivity index (χ2v) is 6.77. The minimum atomic E-state index is -0.347. The second-order valence-electron chi connectivity index (χ2n) is 5.85. The molecular formula is C20H20FN3O4S. The number of carbonyl (C=O) groups excluding carboxylic acids is 1. The molecule has 7 nitrogen and oxygen atoms in total. The van der Waals surface area contributed by atoms with E-state index in [9.17, 15) is 9.18 Å². The second kappa shape index (κ2) is 9.42. The minimum Gasteiger partial charge on any atom is -0.493 e. The molecule has 0 aliphatic carbocycles. The van der Waals surface area contributed by atoms with Crippen molar-refractivity contribution in [2.75, 3.05) is 31.4 Å². The van der Waals surface area contributed by atoms with Crippen molar-refractivity contribution in [1.82, 2.24) is 10.2 Å². The van der Waals surface area contributed by atoms with Gasteiger partial charge in [-0.25, -0.2) is 4.39 Å². The number of halogens is 1. The van der Waals surface area contributed by atoms with Crippen molar-refractivity contribution in [3.8, 4) is 23.0 Å². The monoisotopic (exact) mass is 417 g/mol. The van der Waals surface area contributed by atoms with Crippen molar-refractivity contribution in [2.45, 2.75) is 12.1 Å². The highest BCUT2D eigenvalue weighted by Gasteiger charge is 2.17. The largest absolute Gasteiger partial charge is 0.493 e. The van der Waals surface area contributed by atoms with E-state index in [1.807, 2.05) is 6.92 Å². The van der Waals surface area contributed by atoms with Crippen LogP contribution < -0.4 is 14.4 Å². The fourth-order valence-electron chi connectivity index (χ4n) is 2.68. The number of amides is 1. The van der Waals surface area contributed by atoms with Gasteiger partial charge in [0, 0.05) is 17.8 Å². The van der Waals surface area contributed by atoms with Crippen LogP contribution >= 0.6 is 11.8 Å². The Morgan fingerprint density at radius 3 is 2.48 bits per heavy atom. The highest BCUT2D eigenvalue weighted by atomic mass is 32.2. The summed E-state index contributed by atoms with van der Waals surface area (Å²) in [6.07, 6.45) is 0. The van der Waals surface area contributed by atoms with Gasteiger partial charge in [-0.3, -0.25) is 4.79 Å². The van der Waals surface area contributed by atoms with Crippen molar-refractivity contribution in [3.05, 3.63) is 48.3 Å². The van der Waals surface area contributed by atoms with Crippen LogP contribution in [0.25, 0.3) is 11.5 Å². The first kappa shape index (κ1) is 20.7. The number of aromatic nitrogens is 2. The average molecular weight is 417 g/mol. The van der Waals surface area contributed by atoms with E-state index in [0.29, 0.717) is 35.2 Å². The summed E-state index contributed by atoms with van der Waals surface area (Å²) in [6, 6.07) is 11.1. The number of nitrogens with zero attached hydrogens (tertiary/aromatic N) is 3. The Labute approximate surface area is 171 Å². The molecule has 0 aliphatic rings. The van der Waals surface area contributed by atoms with E-state index in [1.165, 1.54) is 12.1 Å². The van der Waals surface area contributed by atoms with Crippen LogP contribution in [0.4, 0.5) is 10.1 Å². The quantitative estimate of drug-likeness (QED) is 0.512. The molecule has 0 N–H and O–H groups in total. The molecule has 1 aromatic heterocycles. The van der Waals surface area contributed by atoms with E-state index in [2.05, 4.69) is 10.2 Å². The van der Waals surface area contributed by atoms with Crippen molar-refractivity contribution in [2.24, 2.45) is 0 Å². The molecule has 0 atom stereocenters. The molecule has 1 heterocycles. The summed E-state index contributed by atoms with van der Waals surface area (Å²) >= 11 is 1.14. The molecule has 0 fully saturated rings. The summed E-state index contributed by atoms with van der Waals surface area (Å²) in [6.45, 7) is 2.32. The molecule has 152 valence electrons. The average Bonchev–Trinajstić information content (AvgIpc) is 3.22. The molecule has 3 rings (SSSR count). The number of thioether (sulfide) groups is 1. The van der Waals surface area contributed by atoms with Gasteiger partial charge >= 0.3 is 0 Å². The molecule has 0 saturated carbocycles. The molecule has 1 amide bonds. The van der Waals surface area contributed by atoms with Gasteiger partial charge in [-0.1, -0.05) is 11.8 Å². The molecule has 0 bridgehead atoms. The molecule has 0 unspecified atom stereocenters. The highest BCUT2D eigenvalue weighted by molar-refractivity contribution is 7.99. The van der Waals surface area contributed by atoms with Gasteiger partial charge in [0.15, 0.2) is 11.5 Å². The molecule has 3 aromatic rings. The van der Waals surface area contributed by atoms with Crippen LogP contribution in [0.5, 0.6) is 11.5 Å². The Hall–Kier alpha value is -3.07. The van der Waals surface area contributed by atoms with Crippen LogP contribution in [0.3, 0.4) is 0 Å². The minimum absolute atomic E-state index is 0.110. The lowest BCUT2D eigenvalue weighted by molar-refractivity contribution is -0.116. The van der Waals surface area contributed by atoms with Gasteiger partial charge in [0.25, 0.3) is 5.22 Å². The molecule has 29 heavy (non-hydrogen) atoms. The first-order chi connectivity index (χ1) is 14.0. The fourth-order valence-corrected chi connectivity index (χ4v) is 3.32. The molecule has 0 radical (unpaired) electrons. The maximum atomic E-state index is 13.1. The van der Waals surface area contributed by atoms with Gasteiger partial charge < -0.3 is 18.8 Å². The summed E-state index contributed by atoms with van der Waals surface area (Å²) in [4.78, 5) is 14.1. The highest BCUT2D eigenvalue weighted by Crippen LogP contribution is 2.32. The third-order valence-corrected chi connectivity index (χ3v) is 4.91. The first-order valence-corrected chi connectivity index (χ1v) is 9.79. The van der Waals surface area contributed by atoms with Crippen LogP contribution in [0, 0.1) is 5.82 Å². The predicted octanol–water partition coefficient (Wildman–Crippen LogP) is 4.04. The van der Waals surface area contributed by atoms with Crippen molar-refractivity contribution >= 4 is 23.4 Å². The van der Waals surface area contributed by atoms with Crippen LogP contribution in [0.1, 0.15) is 6.92 Å².